The number of hydrogen-bond donors (Lipinski definition) is 1. The van der Waals surface area contributed by atoms with Crippen LogP contribution in [0.25, 0.3) is 0 Å². The lowest BCUT2D eigenvalue weighted by Crippen LogP contribution is -2.23. The predicted octanol–water partition coefficient (Wildman–Crippen LogP) is 1.99. The van der Waals surface area contributed by atoms with E-state index in [-0.39, 0.29) is 0 Å². The number of hydrogen-bond acceptors (Lipinski definition) is 2. The molecule has 0 saturated heterocycles. The molecule has 1 N–H and O–H groups in total. The average Bonchev–Trinajstić information content (AvgIpc) is 2.61. The van der Waals surface area contributed by atoms with E-state index in [4.69, 9.17) is 0 Å². The van der Waals surface area contributed by atoms with Crippen LogP contribution < -0.4 is 5.32 Å². The normalized spacial score (nSPS) is 15.2. The standard InChI is InChI=1S/C12H23N3/c1-10(7-11(2)13-3)5-6-12-8-14-15(4)9-12/h8-11,13H,5-7H2,1-4H3. The number of aromatic nitrogens is 2. The summed E-state index contributed by atoms with van der Waals surface area (Å²) in [7, 11) is 3.99. The largest absolute Gasteiger partial charge is 0.317 e. The van der Waals surface area contributed by atoms with Gasteiger partial charge < -0.3 is 5.32 Å². The van der Waals surface area contributed by atoms with Crippen molar-refractivity contribution in [2.75, 3.05) is 7.05 Å². The molecule has 0 aliphatic heterocycles. The van der Waals surface area contributed by atoms with Gasteiger partial charge in [-0.2, -0.15) is 5.10 Å². The van der Waals surface area contributed by atoms with Gasteiger partial charge in [0.15, 0.2) is 0 Å². The minimum Gasteiger partial charge on any atom is -0.317 e. The van der Waals surface area contributed by atoms with Gasteiger partial charge in [0.05, 0.1) is 6.20 Å². The first-order valence-corrected chi connectivity index (χ1v) is 5.76. The molecule has 0 amide bonds. The summed E-state index contributed by atoms with van der Waals surface area (Å²) < 4.78 is 1.87. The first kappa shape index (κ1) is 12.2. The summed E-state index contributed by atoms with van der Waals surface area (Å²) >= 11 is 0. The smallest absolute Gasteiger partial charge is 0.0521 e. The monoisotopic (exact) mass is 209 g/mol. The van der Waals surface area contributed by atoms with Crippen molar-refractivity contribution in [3.05, 3.63) is 18.0 Å². The molecule has 0 saturated carbocycles. The number of nitrogens with one attached hydrogen (secondary N) is 1. The zero-order chi connectivity index (χ0) is 11.3. The van der Waals surface area contributed by atoms with Gasteiger partial charge >= 0.3 is 0 Å². The van der Waals surface area contributed by atoms with E-state index in [0.717, 1.165) is 12.3 Å². The molecule has 86 valence electrons. The second-order valence-electron chi connectivity index (χ2n) is 4.59. The van der Waals surface area contributed by atoms with Crippen molar-refractivity contribution in [3.8, 4) is 0 Å². The lowest BCUT2D eigenvalue weighted by atomic mass is 9.96. The summed E-state index contributed by atoms with van der Waals surface area (Å²) in [5, 5.41) is 7.46. The van der Waals surface area contributed by atoms with Crippen LogP contribution in [0.4, 0.5) is 0 Å². The third-order valence-electron chi connectivity index (χ3n) is 2.93. The molecule has 3 nitrogen and oxygen atoms in total. The molecule has 0 fully saturated rings. The van der Waals surface area contributed by atoms with Crippen LogP contribution in [-0.4, -0.2) is 22.9 Å². The number of nitrogens with zero attached hydrogens (tertiary/aromatic N) is 2. The summed E-state index contributed by atoms with van der Waals surface area (Å²) in [4.78, 5) is 0. The first-order valence-electron chi connectivity index (χ1n) is 5.76. The Bertz CT molecular complexity index is 280. The molecule has 2 atom stereocenters. The van der Waals surface area contributed by atoms with Crippen LogP contribution in [0, 0.1) is 5.92 Å². The maximum Gasteiger partial charge on any atom is 0.0521 e. The Kier molecular flexibility index (Phi) is 4.82. The molecular weight excluding hydrogens is 186 g/mol. The van der Waals surface area contributed by atoms with Crippen LogP contribution in [0.3, 0.4) is 0 Å². The van der Waals surface area contributed by atoms with E-state index in [1.165, 1.54) is 18.4 Å². The van der Waals surface area contributed by atoms with E-state index in [9.17, 15) is 0 Å². The van der Waals surface area contributed by atoms with Gasteiger partial charge in [-0.05, 0) is 44.7 Å². The Morgan fingerprint density at radius 2 is 2.20 bits per heavy atom. The van der Waals surface area contributed by atoms with Gasteiger partial charge in [-0.25, -0.2) is 0 Å². The summed E-state index contributed by atoms with van der Waals surface area (Å²) in [6.45, 7) is 4.56. The van der Waals surface area contributed by atoms with Gasteiger partial charge in [0.25, 0.3) is 0 Å². The summed E-state index contributed by atoms with van der Waals surface area (Å²) in [5.41, 5.74) is 1.35. The highest BCUT2D eigenvalue weighted by molar-refractivity contribution is 5.03. The highest BCUT2D eigenvalue weighted by atomic mass is 15.2. The maximum atomic E-state index is 4.18. The molecule has 1 aromatic rings. The molecule has 1 heterocycles. The molecular formula is C12H23N3. The van der Waals surface area contributed by atoms with E-state index in [2.05, 4.69) is 30.5 Å². The van der Waals surface area contributed by atoms with Gasteiger partial charge in [-0.1, -0.05) is 6.92 Å². The molecule has 0 spiro atoms. The molecule has 0 aliphatic rings. The molecule has 0 bridgehead atoms. The highest BCUT2D eigenvalue weighted by Gasteiger charge is 2.07. The topological polar surface area (TPSA) is 29.9 Å². The molecule has 2 unspecified atom stereocenters. The fraction of sp³-hybridized carbons (Fsp3) is 0.750. The van der Waals surface area contributed by atoms with Crippen molar-refractivity contribution in [2.45, 2.75) is 39.2 Å². The lowest BCUT2D eigenvalue weighted by Gasteiger charge is -2.16. The van der Waals surface area contributed by atoms with Crippen molar-refractivity contribution < 1.29 is 0 Å². The second kappa shape index (κ2) is 5.91. The van der Waals surface area contributed by atoms with Gasteiger partial charge in [0.1, 0.15) is 0 Å². The molecule has 15 heavy (non-hydrogen) atoms. The quantitative estimate of drug-likeness (QED) is 0.776. The predicted molar refractivity (Wildman–Crippen MR) is 63.8 cm³/mol. The summed E-state index contributed by atoms with van der Waals surface area (Å²) in [6, 6.07) is 0.619. The fourth-order valence-corrected chi connectivity index (χ4v) is 1.85. The zero-order valence-electron chi connectivity index (χ0n) is 10.3. The molecule has 1 aromatic heterocycles. The Balaban J connectivity index is 2.25. The van der Waals surface area contributed by atoms with Crippen LogP contribution >= 0.6 is 0 Å². The van der Waals surface area contributed by atoms with Gasteiger partial charge in [-0.15, -0.1) is 0 Å². The van der Waals surface area contributed by atoms with E-state index in [1.54, 1.807) is 0 Å². The third-order valence-corrected chi connectivity index (χ3v) is 2.93. The molecule has 1 rings (SSSR count). The Hall–Kier alpha value is -0.830. The minimum atomic E-state index is 0.619. The molecule has 0 aliphatic carbocycles. The van der Waals surface area contributed by atoms with Gasteiger partial charge in [0, 0.05) is 19.3 Å². The Morgan fingerprint density at radius 1 is 1.47 bits per heavy atom. The van der Waals surface area contributed by atoms with Crippen molar-refractivity contribution >= 4 is 0 Å². The summed E-state index contributed by atoms with van der Waals surface area (Å²) in [6.07, 6.45) is 7.71. The third kappa shape index (κ3) is 4.47. The SMILES string of the molecule is CNC(C)CC(C)CCc1cnn(C)c1. The van der Waals surface area contributed by atoms with Crippen molar-refractivity contribution in [2.24, 2.45) is 13.0 Å². The van der Waals surface area contributed by atoms with Gasteiger partial charge in [0.2, 0.25) is 0 Å². The molecule has 0 aromatic carbocycles. The van der Waals surface area contributed by atoms with Crippen LogP contribution in [0.15, 0.2) is 12.4 Å². The highest BCUT2D eigenvalue weighted by Crippen LogP contribution is 2.13. The Labute approximate surface area is 92.9 Å². The van der Waals surface area contributed by atoms with Crippen LogP contribution in [0.1, 0.15) is 32.3 Å². The average molecular weight is 209 g/mol. The Morgan fingerprint density at radius 3 is 2.73 bits per heavy atom. The maximum absolute atomic E-state index is 4.18. The fourth-order valence-electron chi connectivity index (χ4n) is 1.85. The first-order chi connectivity index (χ1) is 7.11. The van der Waals surface area contributed by atoms with Crippen LogP contribution in [-0.2, 0) is 13.5 Å². The second-order valence-corrected chi connectivity index (χ2v) is 4.59. The lowest BCUT2D eigenvalue weighted by molar-refractivity contribution is 0.420. The number of aryl methyl sites for hydroxylation is 2. The van der Waals surface area contributed by atoms with Gasteiger partial charge in [-0.3, -0.25) is 4.68 Å². The van der Waals surface area contributed by atoms with E-state index in [1.807, 2.05) is 25.0 Å². The van der Waals surface area contributed by atoms with Crippen molar-refractivity contribution in [1.29, 1.82) is 0 Å². The molecule has 3 heteroatoms. The van der Waals surface area contributed by atoms with E-state index in [0.29, 0.717) is 6.04 Å². The van der Waals surface area contributed by atoms with E-state index >= 15 is 0 Å². The van der Waals surface area contributed by atoms with Crippen LogP contribution in [0.5, 0.6) is 0 Å². The zero-order valence-corrected chi connectivity index (χ0v) is 10.3. The summed E-state index contributed by atoms with van der Waals surface area (Å²) in [5.74, 6) is 0.771. The van der Waals surface area contributed by atoms with Crippen LogP contribution in [0.2, 0.25) is 0 Å². The van der Waals surface area contributed by atoms with Crippen molar-refractivity contribution in [1.82, 2.24) is 15.1 Å². The minimum absolute atomic E-state index is 0.619. The van der Waals surface area contributed by atoms with Crippen molar-refractivity contribution in [3.63, 3.8) is 0 Å². The molecule has 0 radical (unpaired) electrons. The van der Waals surface area contributed by atoms with E-state index < -0.39 is 0 Å². The number of rotatable bonds is 6.